The van der Waals surface area contributed by atoms with Crippen LogP contribution in [0, 0.1) is 31.6 Å². The number of carbonyl (C=O) groups is 2. The lowest BCUT2D eigenvalue weighted by molar-refractivity contribution is -0.122. The molecule has 6 heteroatoms. The van der Waals surface area contributed by atoms with E-state index in [4.69, 9.17) is 4.74 Å². The molecular weight excluding hydrogens is 608 g/mol. The van der Waals surface area contributed by atoms with Gasteiger partial charge in [0.05, 0.1) is 30.2 Å². The van der Waals surface area contributed by atoms with E-state index in [0.29, 0.717) is 24.5 Å². The number of rotatable bonds is 10. The van der Waals surface area contributed by atoms with Gasteiger partial charge < -0.3 is 15.2 Å². The van der Waals surface area contributed by atoms with Gasteiger partial charge in [-0.3, -0.25) is 14.5 Å². The zero-order valence-electron chi connectivity index (χ0n) is 28.5. The summed E-state index contributed by atoms with van der Waals surface area (Å²) in [6.07, 6.45) is 6.21. The molecule has 6 nitrogen and oxygen atoms in total. The molecule has 4 aromatic rings. The van der Waals surface area contributed by atoms with E-state index < -0.39 is 5.92 Å². The Balaban J connectivity index is 1.13. The van der Waals surface area contributed by atoms with Gasteiger partial charge in [0.2, 0.25) is 11.8 Å². The molecule has 2 fully saturated rings. The van der Waals surface area contributed by atoms with Crippen LogP contribution in [0.4, 0.5) is 17.1 Å². The second-order valence-corrected chi connectivity index (χ2v) is 13.7. The predicted molar refractivity (Wildman–Crippen MR) is 197 cm³/mol. The molecule has 0 saturated carbocycles. The molecule has 250 valence electrons. The minimum absolute atomic E-state index is 0.0858. The SMILES string of the molecule is CCCC1=C2[C@@H](CC/C(=C/c3cc(C)c(O)c(C)c3)c3ccccc3)OC[C@@H]2[C@@H]2C(=O)N(c3ccc(Nc4ccccc4)cc3)C(=O)[C@@H]2C1. The van der Waals surface area contributed by atoms with Crippen molar-refractivity contribution in [2.75, 3.05) is 16.8 Å². The second-order valence-electron chi connectivity index (χ2n) is 13.7. The summed E-state index contributed by atoms with van der Waals surface area (Å²) < 4.78 is 6.56. The van der Waals surface area contributed by atoms with Crippen LogP contribution in [0.15, 0.2) is 108 Å². The minimum Gasteiger partial charge on any atom is -0.507 e. The lowest BCUT2D eigenvalue weighted by Gasteiger charge is -2.32. The molecule has 0 unspecified atom stereocenters. The highest BCUT2D eigenvalue weighted by molar-refractivity contribution is 6.22. The van der Waals surface area contributed by atoms with Crippen molar-refractivity contribution in [3.8, 4) is 5.75 Å². The molecule has 0 bridgehead atoms. The first-order valence-electron chi connectivity index (χ1n) is 17.5. The summed E-state index contributed by atoms with van der Waals surface area (Å²) in [4.78, 5) is 29.6. The maximum atomic E-state index is 14.2. The normalized spacial score (nSPS) is 22.0. The van der Waals surface area contributed by atoms with E-state index in [9.17, 15) is 14.7 Å². The van der Waals surface area contributed by atoms with Crippen LogP contribution in [-0.4, -0.2) is 29.6 Å². The molecule has 2 aliphatic heterocycles. The number of phenolic OH excluding ortho intramolecular Hbond substituents is 1. The van der Waals surface area contributed by atoms with E-state index in [1.54, 1.807) is 0 Å². The predicted octanol–water partition coefficient (Wildman–Crippen LogP) is 9.39. The van der Waals surface area contributed by atoms with Gasteiger partial charge in [-0.15, -0.1) is 0 Å². The fourth-order valence-electron chi connectivity index (χ4n) is 8.16. The molecule has 2 N–H and O–H groups in total. The third-order valence-corrected chi connectivity index (χ3v) is 10.4. The van der Waals surface area contributed by atoms with E-state index in [1.165, 1.54) is 21.6 Å². The molecule has 3 aliphatic rings. The molecule has 4 aromatic carbocycles. The highest BCUT2D eigenvalue weighted by Gasteiger charge is 2.57. The van der Waals surface area contributed by atoms with Crippen LogP contribution in [0.1, 0.15) is 61.3 Å². The van der Waals surface area contributed by atoms with Crippen molar-refractivity contribution in [2.24, 2.45) is 17.8 Å². The van der Waals surface area contributed by atoms with Gasteiger partial charge in [0.25, 0.3) is 0 Å². The molecule has 1 aliphatic carbocycles. The Labute approximate surface area is 289 Å². The maximum Gasteiger partial charge on any atom is 0.238 e. The van der Waals surface area contributed by atoms with Crippen molar-refractivity contribution in [3.63, 3.8) is 0 Å². The zero-order valence-corrected chi connectivity index (χ0v) is 28.5. The zero-order chi connectivity index (χ0) is 34.1. The van der Waals surface area contributed by atoms with E-state index in [-0.39, 0.29) is 29.8 Å². The van der Waals surface area contributed by atoms with Crippen LogP contribution in [0.2, 0.25) is 0 Å². The van der Waals surface area contributed by atoms with E-state index in [2.05, 4.69) is 42.6 Å². The van der Waals surface area contributed by atoms with Crippen molar-refractivity contribution in [1.29, 1.82) is 0 Å². The number of nitrogens with zero attached hydrogens (tertiary/aromatic N) is 1. The van der Waals surface area contributed by atoms with Crippen molar-refractivity contribution in [1.82, 2.24) is 0 Å². The van der Waals surface area contributed by atoms with Gasteiger partial charge in [-0.05, 0) is 121 Å². The summed E-state index contributed by atoms with van der Waals surface area (Å²) in [7, 11) is 0. The lowest BCUT2D eigenvalue weighted by Crippen LogP contribution is -2.34. The largest absolute Gasteiger partial charge is 0.507 e. The van der Waals surface area contributed by atoms with Crippen LogP contribution in [0.5, 0.6) is 5.75 Å². The first-order chi connectivity index (χ1) is 23.8. The average Bonchev–Trinajstić information content (AvgIpc) is 3.64. The van der Waals surface area contributed by atoms with Crippen molar-refractivity contribution in [3.05, 3.63) is 130 Å². The third-order valence-electron chi connectivity index (χ3n) is 10.4. The Bertz CT molecular complexity index is 1890. The topological polar surface area (TPSA) is 78.9 Å². The number of allylic oxidation sites excluding steroid dienone is 2. The number of aryl methyl sites for hydroxylation is 2. The number of anilines is 3. The number of imide groups is 1. The van der Waals surface area contributed by atoms with Gasteiger partial charge in [0, 0.05) is 17.3 Å². The van der Waals surface area contributed by atoms with Crippen LogP contribution in [0.3, 0.4) is 0 Å². The standard InChI is InChI=1S/C43H44N2O4/c1-4-11-32-25-36-40(43(48)45(42(36)47)35-19-17-34(18-20-35)44-33-14-9-6-10-15-33)37-26-49-38(39(32)37)21-16-31(30-12-7-5-8-13-30)24-29-22-27(2)41(46)28(3)23-29/h5-10,12-15,17-20,22-24,36-38,40,44,46H,4,11,16,21,25-26H2,1-3H3/b31-24-/t36-,37+,38-,40-/m1/s1. The number of fused-ring (bicyclic) bond motifs is 3. The summed E-state index contributed by atoms with van der Waals surface area (Å²) in [6.45, 7) is 6.50. The number of para-hydroxylation sites is 1. The number of hydrogen-bond acceptors (Lipinski definition) is 5. The van der Waals surface area contributed by atoms with Gasteiger partial charge in [-0.25, -0.2) is 0 Å². The molecule has 49 heavy (non-hydrogen) atoms. The number of nitrogens with one attached hydrogen (secondary N) is 1. The lowest BCUT2D eigenvalue weighted by atomic mass is 9.68. The van der Waals surface area contributed by atoms with E-state index in [1.807, 2.05) is 86.6 Å². The fraction of sp³-hybridized carbons (Fsp3) is 0.302. The summed E-state index contributed by atoms with van der Waals surface area (Å²) in [5, 5.41) is 13.7. The summed E-state index contributed by atoms with van der Waals surface area (Å²) >= 11 is 0. The molecule has 4 atom stereocenters. The quantitative estimate of drug-likeness (QED) is 0.101. The number of hydrogen-bond donors (Lipinski definition) is 2. The third kappa shape index (κ3) is 6.45. The summed E-state index contributed by atoms with van der Waals surface area (Å²) in [5.41, 5.74) is 10.2. The van der Waals surface area contributed by atoms with E-state index in [0.717, 1.165) is 59.3 Å². The molecule has 0 spiro atoms. The first-order valence-corrected chi connectivity index (χ1v) is 17.5. The highest BCUT2D eigenvalue weighted by atomic mass is 16.5. The molecule has 2 saturated heterocycles. The van der Waals surface area contributed by atoms with Crippen molar-refractivity contribution in [2.45, 2.75) is 59.0 Å². The number of benzene rings is 4. The van der Waals surface area contributed by atoms with Gasteiger partial charge in [0.15, 0.2) is 0 Å². The smallest absolute Gasteiger partial charge is 0.238 e. The molecule has 7 rings (SSSR count). The Kier molecular flexibility index (Phi) is 9.24. The summed E-state index contributed by atoms with van der Waals surface area (Å²) in [6, 6.07) is 32.0. The Hall–Kier alpha value is -4.94. The average molecular weight is 653 g/mol. The number of aromatic hydroxyl groups is 1. The van der Waals surface area contributed by atoms with Gasteiger partial charge in [-0.2, -0.15) is 0 Å². The van der Waals surface area contributed by atoms with Crippen LogP contribution >= 0.6 is 0 Å². The monoisotopic (exact) mass is 652 g/mol. The van der Waals surface area contributed by atoms with Gasteiger partial charge >= 0.3 is 0 Å². The van der Waals surface area contributed by atoms with Crippen LogP contribution in [0.25, 0.3) is 11.6 Å². The highest BCUT2D eigenvalue weighted by Crippen LogP contribution is 2.51. The van der Waals surface area contributed by atoms with Gasteiger partial charge in [-0.1, -0.05) is 73.5 Å². The minimum atomic E-state index is -0.401. The Morgan fingerprint density at radius 1 is 0.878 bits per heavy atom. The molecule has 0 aromatic heterocycles. The maximum absolute atomic E-state index is 14.2. The van der Waals surface area contributed by atoms with E-state index >= 15 is 0 Å². The molecular formula is C43H44N2O4. The van der Waals surface area contributed by atoms with Gasteiger partial charge in [0.1, 0.15) is 5.75 Å². The van der Waals surface area contributed by atoms with Crippen molar-refractivity contribution >= 4 is 40.5 Å². The Morgan fingerprint density at radius 3 is 2.20 bits per heavy atom. The molecule has 2 amide bonds. The number of ether oxygens (including phenoxy) is 1. The Morgan fingerprint density at radius 2 is 1.53 bits per heavy atom. The number of amides is 2. The number of phenols is 1. The fourth-order valence-corrected chi connectivity index (χ4v) is 8.16. The first kappa shape index (κ1) is 32.6. The molecule has 0 radical (unpaired) electrons. The number of carbonyl (C=O) groups excluding carboxylic acids is 2. The van der Waals surface area contributed by atoms with Crippen LogP contribution in [-0.2, 0) is 14.3 Å². The molecule has 2 heterocycles. The van der Waals surface area contributed by atoms with Crippen molar-refractivity contribution < 1.29 is 19.4 Å². The second kappa shape index (κ2) is 13.9. The summed E-state index contributed by atoms with van der Waals surface area (Å²) in [5.74, 6) is -0.703. The van der Waals surface area contributed by atoms with Crippen LogP contribution < -0.4 is 10.2 Å².